The second-order valence-electron chi connectivity index (χ2n) is 4.15. The average molecular weight is 297 g/mol. The Morgan fingerprint density at radius 2 is 1.62 bits per heavy atom. The van der Waals surface area contributed by atoms with Gasteiger partial charge in [0.1, 0.15) is 6.61 Å². The van der Waals surface area contributed by atoms with Crippen LogP contribution in [0, 0.1) is 0 Å². The van der Waals surface area contributed by atoms with Crippen molar-refractivity contribution >= 4 is 11.7 Å². The molecule has 0 unspecified atom stereocenters. The van der Waals surface area contributed by atoms with Gasteiger partial charge in [-0.3, -0.25) is 0 Å². The Bertz CT molecular complexity index is 411. The topological polar surface area (TPSA) is 66.0 Å². The van der Waals surface area contributed by atoms with E-state index in [9.17, 15) is 4.79 Å². The monoisotopic (exact) mass is 297 g/mol. The maximum Gasteiger partial charge on any atom is 0.340 e. The Hall–Kier alpha value is -1.63. The molecule has 1 aromatic rings. The first-order valence-electron chi connectivity index (χ1n) is 6.88. The summed E-state index contributed by atoms with van der Waals surface area (Å²) in [6.45, 7) is 2.66. The molecule has 1 rings (SSSR count). The summed E-state index contributed by atoms with van der Waals surface area (Å²) >= 11 is 0. The van der Waals surface area contributed by atoms with Crippen LogP contribution in [0.4, 0.5) is 5.69 Å². The molecule has 0 saturated carbocycles. The zero-order valence-electron chi connectivity index (χ0n) is 12.6. The number of carbonyl (C=O) groups is 1. The van der Waals surface area contributed by atoms with Gasteiger partial charge in [-0.1, -0.05) is 12.1 Å². The molecule has 0 radical (unpaired) electrons. The lowest BCUT2D eigenvalue weighted by Crippen LogP contribution is -2.14. The van der Waals surface area contributed by atoms with Crippen molar-refractivity contribution in [3.8, 4) is 0 Å². The molecule has 0 heterocycles. The van der Waals surface area contributed by atoms with Crippen molar-refractivity contribution in [1.29, 1.82) is 0 Å². The third-order valence-electron chi connectivity index (χ3n) is 2.68. The third kappa shape index (κ3) is 7.08. The molecule has 0 atom stereocenters. The van der Waals surface area contributed by atoms with Gasteiger partial charge in [-0.25, -0.2) is 4.79 Å². The van der Waals surface area contributed by atoms with Gasteiger partial charge in [0.2, 0.25) is 0 Å². The molecule has 0 amide bonds. The van der Waals surface area contributed by atoms with E-state index in [0.717, 1.165) is 5.69 Å². The maximum atomic E-state index is 11.9. The van der Waals surface area contributed by atoms with E-state index in [-0.39, 0.29) is 12.6 Å². The number of methoxy groups -OCH3 is 1. The number of hydrogen-bond donors (Lipinski definition) is 1. The fourth-order valence-corrected chi connectivity index (χ4v) is 1.61. The van der Waals surface area contributed by atoms with Crippen LogP contribution in [0.2, 0.25) is 0 Å². The fraction of sp³-hybridized carbons (Fsp3) is 0.533. The summed E-state index contributed by atoms with van der Waals surface area (Å²) in [5.41, 5.74) is 1.26. The van der Waals surface area contributed by atoms with E-state index in [4.69, 9.17) is 18.9 Å². The summed E-state index contributed by atoms with van der Waals surface area (Å²) in [5, 5.41) is 2.95. The van der Waals surface area contributed by atoms with Crippen molar-refractivity contribution in [3.63, 3.8) is 0 Å². The van der Waals surface area contributed by atoms with Crippen molar-refractivity contribution in [2.24, 2.45) is 0 Å². The molecule has 6 heteroatoms. The molecular weight excluding hydrogens is 274 g/mol. The van der Waals surface area contributed by atoms with Crippen LogP contribution in [0.5, 0.6) is 0 Å². The minimum absolute atomic E-state index is 0.217. The van der Waals surface area contributed by atoms with Crippen molar-refractivity contribution in [3.05, 3.63) is 29.8 Å². The minimum Gasteiger partial charge on any atom is -0.460 e. The Morgan fingerprint density at radius 1 is 1.00 bits per heavy atom. The molecule has 0 bridgehead atoms. The molecule has 1 aromatic carbocycles. The summed E-state index contributed by atoms with van der Waals surface area (Å²) in [6, 6.07) is 7.20. The number of benzene rings is 1. The number of esters is 1. The number of carbonyl (C=O) groups excluding carboxylic acids is 1. The molecular formula is C15H23NO5. The predicted octanol–water partition coefficient (Wildman–Crippen LogP) is 1.56. The molecule has 118 valence electrons. The summed E-state index contributed by atoms with van der Waals surface area (Å²) in [5.74, 6) is -0.361. The van der Waals surface area contributed by atoms with Gasteiger partial charge in [-0.05, 0) is 12.1 Å². The van der Waals surface area contributed by atoms with Crippen LogP contribution < -0.4 is 5.32 Å². The Labute approximate surface area is 125 Å². The van der Waals surface area contributed by atoms with Gasteiger partial charge in [0.25, 0.3) is 0 Å². The van der Waals surface area contributed by atoms with E-state index in [1.54, 1.807) is 26.3 Å². The van der Waals surface area contributed by atoms with E-state index < -0.39 is 0 Å². The molecule has 0 aromatic heterocycles. The summed E-state index contributed by atoms with van der Waals surface area (Å²) < 4.78 is 20.5. The predicted molar refractivity (Wildman–Crippen MR) is 79.8 cm³/mol. The number of rotatable bonds is 11. The first kappa shape index (κ1) is 17.4. The van der Waals surface area contributed by atoms with E-state index in [0.29, 0.717) is 38.6 Å². The van der Waals surface area contributed by atoms with E-state index in [1.807, 2.05) is 12.1 Å². The van der Waals surface area contributed by atoms with Gasteiger partial charge >= 0.3 is 5.97 Å². The first-order valence-corrected chi connectivity index (χ1v) is 6.88. The third-order valence-corrected chi connectivity index (χ3v) is 2.68. The van der Waals surface area contributed by atoms with Crippen LogP contribution in [0.25, 0.3) is 0 Å². The molecule has 6 nitrogen and oxygen atoms in total. The molecule has 0 fully saturated rings. The zero-order chi connectivity index (χ0) is 15.3. The Balaban J connectivity index is 2.11. The van der Waals surface area contributed by atoms with Gasteiger partial charge in [0.05, 0.1) is 38.6 Å². The number of ether oxygens (including phenoxy) is 4. The normalized spacial score (nSPS) is 10.4. The van der Waals surface area contributed by atoms with Crippen LogP contribution in [-0.2, 0) is 18.9 Å². The van der Waals surface area contributed by atoms with E-state index in [2.05, 4.69) is 5.32 Å². The van der Waals surface area contributed by atoms with Crippen molar-refractivity contribution in [1.82, 2.24) is 0 Å². The second kappa shape index (κ2) is 11.1. The molecule has 1 N–H and O–H groups in total. The smallest absolute Gasteiger partial charge is 0.340 e. The highest BCUT2D eigenvalue weighted by molar-refractivity contribution is 5.95. The Morgan fingerprint density at radius 3 is 2.29 bits per heavy atom. The van der Waals surface area contributed by atoms with Crippen molar-refractivity contribution < 1.29 is 23.7 Å². The molecule has 0 aliphatic rings. The van der Waals surface area contributed by atoms with Crippen LogP contribution in [0.1, 0.15) is 10.4 Å². The molecule has 0 spiro atoms. The summed E-state index contributed by atoms with van der Waals surface area (Å²) in [7, 11) is 3.39. The number of para-hydroxylation sites is 1. The first-order chi connectivity index (χ1) is 10.3. The van der Waals surface area contributed by atoms with Gasteiger partial charge < -0.3 is 24.3 Å². The highest BCUT2D eigenvalue weighted by atomic mass is 16.6. The number of nitrogens with one attached hydrogen (secondary N) is 1. The lowest BCUT2D eigenvalue weighted by atomic mass is 10.2. The van der Waals surface area contributed by atoms with Crippen LogP contribution in [0.3, 0.4) is 0 Å². The summed E-state index contributed by atoms with van der Waals surface area (Å²) in [6.07, 6.45) is 0. The van der Waals surface area contributed by atoms with Gasteiger partial charge in [0, 0.05) is 19.8 Å². The lowest BCUT2D eigenvalue weighted by molar-refractivity contribution is 0.00574. The maximum absolute atomic E-state index is 11.9. The highest BCUT2D eigenvalue weighted by Gasteiger charge is 2.10. The highest BCUT2D eigenvalue weighted by Crippen LogP contribution is 2.14. The standard InChI is InChI=1S/C15H23NO5/c1-16-14-6-4-3-5-13(14)15(17)21-12-11-20-10-9-19-8-7-18-2/h3-6,16H,7-12H2,1-2H3. The SMILES string of the molecule is CNc1ccccc1C(=O)OCCOCCOCCOC. The van der Waals surface area contributed by atoms with E-state index in [1.165, 1.54) is 0 Å². The van der Waals surface area contributed by atoms with Crippen molar-refractivity contribution in [2.75, 3.05) is 59.1 Å². The molecule has 0 saturated heterocycles. The second-order valence-corrected chi connectivity index (χ2v) is 4.15. The van der Waals surface area contributed by atoms with Gasteiger partial charge in [-0.2, -0.15) is 0 Å². The fourth-order valence-electron chi connectivity index (χ4n) is 1.61. The van der Waals surface area contributed by atoms with Crippen LogP contribution in [0.15, 0.2) is 24.3 Å². The van der Waals surface area contributed by atoms with E-state index >= 15 is 0 Å². The largest absolute Gasteiger partial charge is 0.460 e. The zero-order valence-corrected chi connectivity index (χ0v) is 12.6. The number of hydrogen-bond acceptors (Lipinski definition) is 6. The number of anilines is 1. The quantitative estimate of drug-likeness (QED) is 0.494. The minimum atomic E-state index is -0.361. The lowest BCUT2D eigenvalue weighted by Gasteiger charge is -2.09. The van der Waals surface area contributed by atoms with Crippen molar-refractivity contribution in [2.45, 2.75) is 0 Å². The van der Waals surface area contributed by atoms with Gasteiger partial charge in [0.15, 0.2) is 0 Å². The van der Waals surface area contributed by atoms with Crippen LogP contribution in [-0.4, -0.2) is 59.8 Å². The summed E-state index contributed by atoms with van der Waals surface area (Å²) in [4.78, 5) is 11.9. The molecule has 21 heavy (non-hydrogen) atoms. The van der Waals surface area contributed by atoms with Crippen LogP contribution >= 0.6 is 0 Å². The average Bonchev–Trinajstić information content (AvgIpc) is 2.53. The molecule has 0 aliphatic heterocycles. The Kier molecular flexibility index (Phi) is 9.19. The van der Waals surface area contributed by atoms with Gasteiger partial charge in [-0.15, -0.1) is 0 Å². The molecule has 0 aliphatic carbocycles.